The number of aliphatic hydroxyl groups excluding tert-OH is 1. The minimum absolute atomic E-state index is 0.0932. The zero-order chi connectivity index (χ0) is 33.2. The smallest absolute Gasteiger partial charge is 0.264 e. The zero-order valence-corrected chi connectivity index (χ0v) is 28.9. The number of aryl methyl sites for hydroxylation is 1. The third-order valence-electron chi connectivity index (χ3n) is 10.8. The molecule has 1 amide bonds. The van der Waals surface area contributed by atoms with Crippen molar-refractivity contribution < 1.29 is 32.5 Å². The van der Waals surface area contributed by atoms with Crippen LogP contribution in [0.25, 0.3) is 0 Å². The van der Waals surface area contributed by atoms with Crippen LogP contribution < -0.4 is 14.4 Å². The van der Waals surface area contributed by atoms with E-state index in [0.29, 0.717) is 45.1 Å². The summed E-state index contributed by atoms with van der Waals surface area (Å²) < 4.78 is 47.1. The number of allylic oxidation sites excluding steroid dienone is 1. The molecule has 2 aliphatic carbocycles. The number of halogens is 1. The number of carbonyl (C=O) groups is 1. The SMILES string of the molecule is COCCOCC[C@@H]1[C@@H](C)C/C=C/[C@H](O)[C@@H]2CC[C@H]2CN2C[C@@]3(CCCc4cc(Cl)ccc43)COc3ccc(cc32)C(=O)NS1(=O)=O. The number of benzene rings is 2. The largest absolute Gasteiger partial charge is 0.490 e. The molecule has 4 aliphatic rings. The Morgan fingerprint density at radius 3 is 2.79 bits per heavy atom. The number of nitrogens with zero attached hydrogens (tertiary/aromatic N) is 1. The van der Waals surface area contributed by atoms with Gasteiger partial charge in [-0.3, -0.25) is 4.79 Å². The van der Waals surface area contributed by atoms with E-state index in [0.717, 1.165) is 42.8 Å². The third kappa shape index (κ3) is 7.37. The average Bonchev–Trinajstić information content (AvgIpc) is 3.17. The molecule has 6 atom stereocenters. The van der Waals surface area contributed by atoms with Gasteiger partial charge in [-0.1, -0.05) is 36.7 Å². The molecule has 0 saturated heterocycles. The molecule has 256 valence electrons. The number of hydrogen-bond donors (Lipinski definition) is 2. The summed E-state index contributed by atoms with van der Waals surface area (Å²) in [6, 6.07) is 11.4. The Labute approximate surface area is 283 Å². The number of sulfonamides is 1. The van der Waals surface area contributed by atoms with E-state index in [-0.39, 0.29) is 41.8 Å². The van der Waals surface area contributed by atoms with Crippen LogP contribution in [-0.4, -0.2) is 77.4 Å². The van der Waals surface area contributed by atoms with Crippen LogP contribution in [-0.2, 0) is 31.3 Å². The van der Waals surface area contributed by atoms with Crippen LogP contribution in [0, 0.1) is 17.8 Å². The number of nitrogens with one attached hydrogen (secondary N) is 1. The molecule has 2 N–H and O–H groups in total. The Bertz CT molecular complexity index is 1580. The molecule has 2 aromatic carbocycles. The highest BCUT2D eigenvalue weighted by Gasteiger charge is 2.44. The third-order valence-corrected chi connectivity index (χ3v) is 13.0. The summed E-state index contributed by atoms with van der Waals surface area (Å²) >= 11 is 6.41. The highest BCUT2D eigenvalue weighted by atomic mass is 35.5. The van der Waals surface area contributed by atoms with E-state index in [2.05, 4.69) is 21.8 Å². The number of hydrogen-bond acceptors (Lipinski definition) is 8. The first kappa shape index (κ1) is 34.2. The fraction of sp³-hybridized carbons (Fsp3) is 0.583. The van der Waals surface area contributed by atoms with Crippen LogP contribution in [0.3, 0.4) is 0 Å². The monoisotopic (exact) mass is 686 g/mol. The molecule has 0 unspecified atom stereocenters. The van der Waals surface area contributed by atoms with E-state index < -0.39 is 27.3 Å². The summed E-state index contributed by atoms with van der Waals surface area (Å²) in [5.74, 6) is 0.0306. The molecule has 1 fully saturated rings. The van der Waals surface area contributed by atoms with E-state index in [1.54, 1.807) is 25.3 Å². The van der Waals surface area contributed by atoms with Gasteiger partial charge in [0.25, 0.3) is 5.91 Å². The molecular weight excluding hydrogens is 640 g/mol. The molecule has 0 radical (unpaired) electrons. The van der Waals surface area contributed by atoms with Crippen molar-refractivity contribution in [3.8, 4) is 5.75 Å². The predicted octanol–water partition coefficient (Wildman–Crippen LogP) is 5.28. The fourth-order valence-corrected chi connectivity index (χ4v) is 9.84. The lowest BCUT2D eigenvalue weighted by atomic mass is 9.68. The lowest BCUT2D eigenvalue weighted by Gasteiger charge is -2.45. The number of methoxy groups -OCH3 is 1. The molecule has 0 aromatic heterocycles. The van der Waals surface area contributed by atoms with E-state index in [1.165, 1.54) is 11.1 Å². The Morgan fingerprint density at radius 2 is 2.00 bits per heavy atom. The number of aliphatic hydroxyl groups is 1. The first-order chi connectivity index (χ1) is 22.6. The molecule has 11 heteroatoms. The summed E-state index contributed by atoms with van der Waals surface area (Å²) in [6.45, 7) is 4.69. The second-order valence-corrected chi connectivity index (χ2v) is 16.2. The maximum Gasteiger partial charge on any atom is 0.264 e. The van der Waals surface area contributed by atoms with Crippen LogP contribution in [0.4, 0.5) is 5.69 Å². The van der Waals surface area contributed by atoms with Crippen molar-refractivity contribution in [1.82, 2.24) is 4.72 Å². The van der Waals surface area contributed by atoms with Gasteiger partial charge >= 0.3 is 0 Å². The number of ether oxygens (including phenoxy) is 3. The van der Waals surface area contributed by atoms with Crippen molar-refractivity contribution in [3.05, 3.63) is 70.3 Å². The first-order valence-electron chi connectivity index (χ1n) is 16.9. The molecular formula is C36H47ClN2O7S. The van der Waals surface area contributed by atoms with E-state index in [9.17, 15) is 18.3 Å². The topological polar surface area (TPSA) is 114 Å². The van der Waals surface area contributed by atoms with E-state index in [1.807, 2.05) is 25.1 Å². The quantitative estimate of drug-likeness (QED) is 0.312. The molecule has 9 nitrogen and oxygen atoms in total. The van der Waals surface area contributed by atoms with Crippen molar-refractivity contribution in [2.45, 2.75) is 68.6 Å². The van der Waals surface area contributed by atoms with Gasteiger partial charge in [0.2, 0.25) is 10.0 Å². The van der Waals surface area contributed by atoms with Crippen LogP contribution in [0.2, 0.25) is 5.02 Å². The average molecular weight is 687 g/mol. The summed E-state index contributed by atoms with van der Waals surface area (Å²) in [5, 5.41) is 11.1. The Morgan fingerprint density at radius 1 is 1.15 bits per heavy atom. The number of carbonyl (C=O) groups excluding carboxylic acids is 1. The van der Waals surface area contributed by atoms with E-state index >= 15 is 0 Å². The molecule has 47 heavy (non-hydrogen) atoms. The Kier molecular flexibility index (Phi) is 10.5. The van der Waals surface area contributed by atoms with Crippen molar-refractivity contribution in [2.24, 2.45) is 17.8 Å². The Balaban J connectivity index is 1.35. The lowest BCUT2D eigenvalue weighted by Crippen LogP contribution is -2.49. The Hall–Kier alpha value is -2.63. The number of fused-ring (bicyclic) bond motifs is 4. The maximum absolute atomic E-state index is 13.8. The normalized spacial score (nSPS) is 31.0. The number of anilines is 1. The summed E-state index contributed by atoms with van der Waals surface area (Å²) in [4.78, 5) is 16.0. The molecule has 6 rings (SSSR count). The molecule has 1 saturated carbocycles. The van der Waals surface area contributed by atoms with Crippen molar-refractivity contribution >= 4 is 33.2 Å². The highest BCUT2D eigenvalue weighted by Crippen LogP contribution is 2.46. The molecule has 1 spiro atoms. The first-order valence-corrected chi connectivity index (χ1v) is 18.8. The second-order valence-electron chi connectivity index (χ2n) is 13.8. The van der Waals surface area contributed by atoms with E-state index in [4.69, 9.17) is 25.8 Å². The zero-order valence-electron chi connectivity index (χ0n) is 27.3. The molecule has 2 heterocycles. The van der Waals surface area contributed by atoms with Gasteiger partial charge in [0.05, 0.1) is 36.9 Å². The van der Waals surface area contributed by atoms with Crippen LogP contribution >= 0.6 is 11.6 Å². The predicted molar refractivity (Wildman–Crippen MR) is 183 cm³/mol. The van der Waals surface area contributed by atoms with Crippen molar-refractivity contribution in [2.75, 3.05) is 51.5 Å². The number of amides is 1. The number of rotatable bonds is 6. The maximum atomic E-state index is 13.8. The van der Waals surface area contributed by atoms with Crippen molar-refractivity contribution in [1.29, 1.82) is 0 Å². The van der Waals surface area contributed by atoms with Gasteiger partial charge in [-0.25, -0.2) is 13.1 Å². The van der Waals surface area contributed by atoms with Gasteiger partial charge in [0.1, 0.15) is 5.75 Å². The van der Waals surface area contributed by atoms with Crippen LogP contribution in [0.5, 0.6) is 5.75 Å². The molecule has 2 aromatic rings. The van der Waals surface area contributed by atoms with Gasteiger partial charge in [-0.2, -0.15) is 0 Å². The van der Waals surface area contributed by atoms with Crippen molar-refractivity contribution in [3.63, 3.8) is 0 Å². The summed E-state index contributed by atoms with van der Waals surface area (Å²) in [6.07, 6.45) is 8.62. The van der Waals surface area contributed by atoms with Gasteiger partial charge < -0.3 is 24.2 Å². The summed E-state index contributed by atoms with van der Waals surface area (Å²) in [5.41, 5.74) is 3.24. The minimum Gasteiger partial charge on any atom is -0.490 e. The minimum atomic E-state index is -4.08. The lowest BCUT2D eigenvalue weighted by molar-refractivity contribution is 0.0455. The van der Waals surface area contributed by atoms with Gasteiger partial charge in [-0.05, 0) is 104 Å². The van der Waals surface area contributed by atoms with Gasteiger partial charge in [0.15, 0.2) is 0 Å². The second kappa shape index (κ2) is 14.5. The van der Waals surface area contributed by atoms with Crippen LogP contribution in [0.15, 0.2) is 48.6 Å². The standard InChI is InChI=1S/C36H47ClN2O7S/c1-24-5-3-7-32(40)29-11-8-27(29)21-39-22-36(15-4-6-25-19-28(37)10-12-30(25)36)23-46-33-13-9-26(20-31(33)39)35(41)38-47(42,43)34(24)14-16-45-18-17-44-2/h3,7,9-10,12-13,19-20,24,27,29,32,34,40H,4-6,8,11,14-18,21-23H2,1-2H3,(H,38,41)/b7-3+/t24-,27-,29+,32-,34+,36-/m0/s1. The molecule has 2 bridgehead atoms. The molecule has 2 aliphatic heterocycles. The van der Waals surface area contributed by atoms with Crippen LogP contribution in [0.1, 0.15) is 66.9 Å². The fourth-order valence-electron chi connectivity index (χ4n) is 7.99. The van der Waals surface area contributed by atoms with Gasteiger partial charge in [-0.15, -0.1) is 0 Å². The van der Waals surface area contributed by atoms with Gasteiger partial charge in [0, 0.05) is 42.8 Å². The summed E-state index contributed by atoms with van der Waals surface area (Å²) in [7, 11) is -2.50. The highest BCUT2D eigenvalue weighted by molar-refractivity contribution is 7.90.